The van der Waals surface area contributed by atoms with Crippen LogP contribution in [-0.2, 0) is 40.7 Å². The first-order valence-corrected chi connectivity index (χ1v) is 27.8. The Morgan fingerprint density at radius 2 is 1.55 bits per heavy atom. The molecule has 2 aromatic heterocycles. The lowest BCUT2D eigenvalue weighted by Gasteiger charge is -2.41. The SMILES string of the molecule is C[C@H](NC(=O)c1cccc(NC2(c3nnc(-c4ccncc4)[nH]3)CCN(C(=O)OC(C)(C)C)CC2)c1)c1cccc(OCCCCCOCCCOCC(=O)N2CCN(c3ccc4c(c3)CN(C3CCC(=O)NC3=O)C4=O)CC2)c1. The summed E-state index contributed by atoms with van der Waals surface area (Å²) in [6.07, 6.45) is 7.96. The molecule has 9 rings (SSSR count). The minimum absolute atomic E-state index is 0.0191. The lowest BCUT2D eigenvalue weighted by molar-refractivity contribution is -0.137. The normalized spacial score (nSPS) is 17.6. The average Bonchev–Trinajstić information content (AvgIpc) is 4.09. The fourth-order valence-corrected chi connectivity index (χ4v) is 10.4. The molecule has 3 fully saturated rings. The summed E-state index contributed by atoms with van der Waals surface area (Å²) in [6.45, 7) is 13.2. The van der Waals surface area contributed by atoms with E-state index in [1.165, 1.54) is 0 Å². The van der Waals surface area contributed by atoms with Crippen molar-refractivity contribution in [2.45, 2.75) is 109 Å². The highest BCUT2D eigenvalue weighted by atomic mass is 16.6. The number of likely N-dealkylation sites (tertiary alicyclic amines) is 1. The van der Waals surface area contributed by atoms with Gasteiger partial charge in [-0.2, -0.15) is 0 Å². The molecule has 21 nitrogen and oxygen atoms in total. The van der Waals surface area contributed by atoms with Crippen LogP contribution in [0.4, 0.5) is 16.2 Å². The average molecular weight is 1100 g/mol. The van der Waals surface area contributed by atoms with Crippen LogP contribution in [0.1, 0.15) is 123 Å². The van der Waals surface area contributed by atoms with Crippen molar-refractivity contribution in [2.24, 2.45) is 0 Å². The number of anilines is 2. The second kappa shape index (κ2) is 25.9. The van der Waals surface area contributed by atoms with E-state index in [0.29, 0.717) is 121 Å². The number of hydrogen-bond acceptors (Lipinski definition) is 15. The van der Waals surface area contributed by atoms with Gasteiger partial charge in [0.15, 0.2) is 11.6 Å². The molecule has 2 atom stereocenters. The summed E-state index contributed by atoms with van der Waals surface area (Å²) in [6, 6.07) is 23.6. The number of pyridine rings is 1. The number of nitrogens with zero attached hydrogens (tertiary/aromatic N) is 7. The maximum atomic E-state index is 13.8. The van der Waals surface area contributed by atoms with Crippen LogP contribution in [0.25, 0.3) is 11.4 Å². The summed E-state index contributed by atoms with van der Waals surface area (Å²) in [5.41, 5.74) is 4.02. The van der Waals surface area contributed by atoms with Crippen LogP contribution in [0.5, 0.6) is 5.75 Å². The van der Waals surface area contributed by atoms with Gasteiger partial charge in [0.05, 0.1) is 12.6 Å². The third kappa shape index (κ3) is 14.5. The largest absolute Gasteiger partial charge is 0.494 e. The minimum atomic E-state index is -0.730. The van der Waals surface area contributed by atoms with Crippen LogP contribution in [0.3, 0.4) is 0 Å². The molecule has 6 amide bonds. The predicted molar refractivity (Wildman–Crippen MR) is 298 cm³/mol. The van der Waals surface area contributed by atoms with Crippen molar-refractivity contribution in [3.63, 3.8) is 0 Å². The molecule has 0 aliphatic carbocycles. The first-order valence-electron chi connectivity index (χ1n) is 27.8. The number of hydrogen-bond donors (Lipinski definition) is 4. The first-order chi connectivity index (χ1) is 38.6. The smallest absolute Gasteiger partial charge is 0.410 e. The Labute approximate surface area is 466 Å². The van der Waals surface area contributed by atoms with Gasteiger partial charge in [-0.15, -0.1) is 10.2 Å². The van der Waals surface area contributed by atoms with Crippen LogP contribution in [0.2, 0.25) is 0 Å². The molecule has 6 heterocycles. The highest BCUT2D eigenvalue weighted by molar-refractivity contribution is 6.05. The van der Waals surface area contributed by atoms with Gasteiger partial charge in [-0.3, -0.25) is 34.3 Å². The van der Waals surface area contributed by atoms with E-state index < -0.39 is 23.1 Å². The number of unbranched alkanes of at least 4 members (excludes halogenated alkanes) is 2. The quantitative estimate of drug-likeness (QED) is 0.0413. The van der Waals surface area contributed by atoms with Gasteiger partial charge in [0.2, 0.25) is 17.7 Å². The lowest BCUT2D eigenvalue weighted by atomic mass is 9.86. The molecule has 0 spiro atoms. The second-order valence-corrected chi connectivity index (χ2v) is 21.8. The van der Waals surface area contributed by atoms with E-state index in [4.69, 9.17) is 18.9 Å². The number of rotatable bonds is 22. The molecular weight excluding hydrogens is 1020 g/mol. The molecule has 0 radical (unpaired) electrons. The van der Waals surface area contributed by atoms with Crippen LogP contribution < -0.4 is 25.6 Å². The van der Waals surface area contributed by atoms with Gasteiger partial charge in [-0.05, 0) is 144 Å². The number of aromatic amines is 1. The zero-order valence-corrected chi connectivity index (χ0v) is 46.2. The van der Waals surface area contributed by atoms with Crippen molar-refractivity contribution >= 4 is 47.0 Å². The van der Waals surface area contributed by atoms with E-state index in [0.717, 1.165) is 53.1 Å². The van der Waals surface area contributed by atoms with Crippen LogP contribution in [-0.4, -0.2) is 154 Å². The van der Waals surface area contributed by atoms with E-state index in [2.05, 4.69) is 41.0 Å². The van der Waals surface area contributed by atoms with Gasteiger partial charge in [0.1, 0.15) is 29.5 Å². The van der Waals surface area contributed by atoms with Gasteiger partial charge in [-0.25, -0.2) is 4.79 Å². The summed E-state index contributed by atoms with van der Waals surface area (Å²) >= 11 is 0. The number of piperidine rings is 2. The number of piperazine rings is 1. The fraction of sp³-hybridized carbons (Fsp3) is 0.475. The molecule has 4 N–H and O–H groups in total. The number of ether oxygens (including phenoxy) is 4. The van der Waals surface area contributed by atoms with Gasteiger partial charge in [0, 0.05) is 113 Å². The van der Waals surface area contributed by atoms with Gasteiger partial charge < -0.3 is 54.2 Å². The van der Waals surface area contributed by atoms with E-state index in [9.17, 15) is 28.8 Å². The molecule has 21 heteroatoms. The van der Waals surface area contributed by atoms with Gasteiger partial charge >= 0.3 is 6.09 Å². The number of fused-ring (bicyclic) bond motifs is 1. The van der Waals surface area contributed by atoms with E-state index in [1.54, 1.807) is 34.3 Å². The number of benzene rings is 3. The molecule has 3 aromatic carbocycles. The molecule has 0 bridgehead atoms. The third-order valence-electron chi connectivity index (χ3n) is 14.9. The zero-order chi connectivity index (χ0) is 56.2. The van der Waals surface area contributed by atoms with Crippen molar-refractivity contribution < 1.29 is 47.7 Å². The number of nitrogens with one attached hydrogen (secondary N) is 4. The minimum Gasteiger partial charge on any atom is -0.494 e. The topological polar surface area (TPSA) is 243 Å². The molecule has 5 aromatic rings. The molecule has 424 valence electrons. The zero-order valence-electron chi connectivity index (χ0n) is 46.2. The standard InChI is InChI=1S/C59H73N11O10/c1-40(61-53(73)43-12-8-13-45(35-43)64-59(21-25-69(26-22-59)57(76)80-58(2,3)4)56-63-52(65-66-56)41-19-23-60-24-20-41)42-11-9-14-47(37-42)79-34-7-5-6-31-77-32-10-33-78-39-51(72)68-29-27-67(28-30-68)46-15-16-48-44(36-46)38-70(55(48)75)49-17-18-50(71)62-54(49)74/h8-9,11-16,19-20,23-24,35-37,40,49,64H,5-7,10,17-18,21-22,25-34,38-39H2,1-4H3,(H,61,73)(H,62,71,74)(H,63,65,66)/t40-,49?/m0/s1. The Morgan fingerprint density at radius 1 is 0.800 bits per heavy atom. The highest BCUT2D eigenvalue weighted by Crippen LogP contribution is 2.37. The molecule has 1 unspecified atom stereocenters. The van der Waals surface area contributed by atoms with Crippen molar-refractivity contribution in [2.75, 3.05) is 82.5 Å². The predicted octanol–water partition coefficient (Wildman–Crippen LogP) is 6.78. The summed E-state index contributed by atoms with van der Waals surface area (Å²) in [7, 11) is 0. The van der Waals surface area contributed by atoms with E-state index in [1.807, 2.05) is 99.3 Å². The molecular formula is C59H73N11O10. The Balaban J connectivity index is 0.641. The number of amides is 6. The summed E-state index contributed by atoms with van der Waals surface area (Å²) in [5, 5.41) is 18.2. The summed E-state index contributed by atoms with van der Waals surface area (Å²) in [4.78, 5) is 91.7. The summed E-state index contributed by atoms with van der Waals surface area (Å²) in [5.74, 6) is 0.749. The number of H-pyrrole nitrogens is 1. The molecule has 80 heavy (non-hydrogen) atoms. The van der Waals surface area contributed by atoms with Crippen LogP contribution in [0.15, 0.2) is 91.3 Å². The van der Waals surface area contributed by atoms with E-state index >= 15 is 0 Å². The molecule has 4 aliphatic heterocycles. The third-order valence-corrected chi connectivity index (χ3v) is 14.9. The van der Waals surface area contributed by atoms with Gasteiger partial charge in [-0.1, -0.05) is 18.2 Å². The second-order valence-electron chi connectivity index (χ2n) is 21.8. The Bertz CT molecular complexity index is 2980. The molecule has 0 saturated carbocycles. The van der Waals surface area contributed by atoms with Crippen molar-refractivity contribution in [3.8, 4) is 17.1 Å². The first kappa shape index (κ1) is 56.8. The van der Waals surface area contributed by atoms with Crippen molar-refractivity contribution in [1.29, 1.82) is 0 Å². The summed E-state index contributed by atoms with van der Waals surface area (Å²) < 4.78 is 23.3. The lowest BCUT2D eigenvalue weighted by Crippen LogP contribution is -2.52. The number of imide groups is 1. The fourth-order valence-electron chi connectivity index (χ4n) is 10.4. The Morgan fingerprint density at radius 3 is 2.33 bits per heavy atom. The van der Waals surface area contributed by atoms with Crippen molar-refractivity contribution in [3.05, 3.63) is 119 Å². The maximum Gasteiger partial charge on any atom is 0.410 e. The van der Waals surface area contributed by atoms with Crippen LogP contribution >= 0.6 is 0 Å². The number of aromatic nitrogens is 4. The highest BCUT2D eigenvalue weighted by Gasteiger charge is 2.42. The number of carbonyl (C=O) groups is 6. The van der Waals surface area contributed by atoms with Crippen LogP contribution in [0, 0.1) is 0 Å². The van der Waals surface area contributed by atoms with E-state index in [-0.39, 0.29) is 48.8 Å². The monoisotopic (exact) mass is 1100 g/mol. The Hall–Kier alpha value is -7.91. The van der Waals surface area contributed by atoms with Crippen molar-refractivity contribution in [1.82, 2.24) is 45.5 Å². The Kier molecular flexibility index (Phi) is 18.4. The number of carbonyl (C=O) groups excluding carboxylic acids is 6. The van der Waals surface area contributed by atoms with Gasteiger partial charge in [0.25, 0.3) is 11.8 Å². The maximum absolute atomic E-state index is 13.8. The molecule has 3 saturated heterocycles. The molecule has 4 aliphatic rings.